The molecular weight excluding hydrogens is 1160 g/mol. The van der Waals surface area contributed by atoms with E-state index in [4.69, 9.17) is 50.5 Å². The lowest BCUT2D eigenvalue weighted by molar-refractivity contribution is -0.140. The van der Waals surface area contributed by atoms with Gasteiger partial charge < -0.3 is 69.5 Å². The number of nitrogens with one attached hydrogen (secondary N) is 4. The molecule has 28 heteroatoms. The molecule has 6 heterocycles. The molecule has 0 saturated carbocycles. The first-order valence-corrected chi connectivity index (χ1v) is 30.3. The summed E-state index contributed by atoms with van der Waals surface area (Å²) >= 11 is 8.01. The lowest BCUT2D eigenvalue weighted by Gasteiger charge is -2.43. The van der Waals surface area contributed by atoms with Crippen LogP contribution in [0.15, 0.2) is 63.5 Å². The SMILES string of the molecule is C[C@@H]1OCC2(CCN(c3cnc(Sc4cccc(NC(=O)CCC(=O)N5CCN(C(=O)CCOCCOCCOCCOCCOCCNc6cccc7cnn(C8CCC(=O)NC8=O)c(=O)c67)CC5)c4Cl)c(N)n3)CC2)[C@@H]1NC(=O)OC(C)(C)C. The van der Waals surface area contributed by atoms with E-state index in [1.54, 1.807) is 46.3 Å². The number of piperazine rings is 1. The Morgan fingerprint density at radius 2 is 1.42 bits per heavy atom. The highest BCUT2D eigenvalue weighted by Gasteiger charge is 2.51. The second kappa shape index (κ2) is 31.3. The first-order chi connectivity index (χ1) is 41.4. The molecule has 4 aliphatic rings. The van der Waals surface area contributed by atoms with E-state index in [9.17, 15) is 33.6 Å². The number of fused-ring (bicyclic) bond motifs is 1. The second-order valence-corrected chi connectivity index (χ2v) is 23.7. The molecule has 6 N–H and O–H groups in total. The molecule has 86 heavy (non-hydrogen) atoms. The van der Waals surface area contributed by atoms with Crippen molar-refractivity contribution >= 4 is 92.8 Å². The zero-order valence-electron chi connectivity index (χ0n) is 49.2. The third-order valence-electron chi connectivity index (χ3n) is 15.1. The van der Waals surface area contributed by atoms with Gasteiger partial charge in [0.2, 0.25) is 23.6 Å². The Bertz CT molecular complexity index is 3060. The van der Waals surface area contributed by atoms with Gasteiger partial charge in [-0.15, -0.1) is 0 Å². The van der Waals surface area contributed by atoms with E-state index in [2.05, 4.69) is 41.2 Å². The molecule has 4 aromatic rings. The number of alkyl carbamates (subject to hydrolysis) is 1. The highest BCUT2D eigenvalue weighted by molar-refractivity contribution is 7.99. The molecule has 6 amide bonds. The maximum absolute atomic E-state index is 13.4. The van der Waals surface area contributed by atoms with Gasteiger partial charge >= 0.3 is 6.09 Å². The molecule has 0 radical (unpaired) electrons. The topological polar surface area (TPSA) is 312 Å². The van der Waals surface area contributed by atoms with Gasteiger partial charge in [-0.25, -0.2) is 19.4 Å². The number of anilines is 4. The first kappa shape index (κ1) is 65.3. The Kier molecular flexibility index (Phi) is 23.7. The van der Waals surface area contributed by atoms with E-state index < -0.39 is 29.2 Å². The molecule has 4 saturated heterocycles. The van der Waals surface area contributed by atoms with Crippen molar-refractivity contribution < 1.29 is 61.9 Å². The van der Waals surface area contributed by atoms with Crippen LogP contribution in [0.3, 0.4) is 0 Å². The molecule has 0 aliphatic carbocycles. The van der Waals surface area contributed by atoms with Crippen LogP contribution in [0.25, 0.3) is 10.8 Å². The van der Waals surface area contributed by atoms with E-state index in [0.717, 1.165) is 17.5 Å². The van der Waals surface area contributed by atoms with Gasteiger partial charge in [-0.2, -0.15) is 5.10 Å². The van der Waals surface area contributed by atoms with E-state index in [-0.39, 0.29) is 85.7 Å². The van der Waals surface area contributed by atoms with Crippen molar-refractivity contribution in [1.82, 2.24) is 40.2 Å². The van der Waals surface area contributed by atoms with Crippen molar-refractivity contribution in [2.75, 3.05) is 140 Å². The van der Waals surface area contributed by atoms with Crippen LogP contribution >= 0.6 is 23.4 Å². The summed E-state index contributed by atoms with van der Waals surface area (Å²) in [5.74, 6) is -0.653. The second-order valence-electron chi connectivity index (χ2n) is 22.3. The third kappa shape index (κ3) is 18.2. The normalized spacial score (nSPS) is 18.8. The number of hydrogen-bond donors (Lipinski definition) is 5. The predicted octanol–water partition coefficient (Wildman–Crippen LogP) is 4.42. The number of aromatic nitrogens is 4. The molecule has 8 rings (SSSR count). The standard InChI is InChI=1S/C58H79ClN12O14S/c1-38-51(67-56(78)85-57(2,3)4)58(37-84-38)16-19-68(20-17-58)44-36-62-54(52(60)65-44)86-43-10-6-9-41(50(43)59)64-45(72)13-14-47(74)69-21-23-70(24-22-69)48(75)15-25-79-27-29-81-31-33-83-34-32-82-30-28-80-26-18-61-40-8-5-7-39-35-63-71(55(77)49(39)40)42-11-12-46(73)66-53(42)76/h5-10,35-36,38,42,51,61H,11-34,37H2,1-4H3,(H2,60,65)(H,64,72)(H,67,78)(H,66,73,76)/t38-,42?,51+/m0/s1. The summed E-state index contributed by atoms with van der Waals surface area (Å²) in [7, 11) is 0. The largest absolute Gasteiger partial charge is 0.444 e. The lowest BCUT2D eigenvalue weighted by atomic mass is 9.73. The summed E-state index contributed by atoms with van der Waals surface area (Å²) in [5.41, 5.74) is 6.16. The smallest absolute Gasteiger partial charge is 0.407 e. The number of ether oxygens (including phenoxy) is 7. The fraction of sp³-hybridized carbons (Fsp3) is 0.586. The number of carbonyl (C=O) groups excluding carboxylic acids is 6. The van der Waals surface area contributed by atoms with E-state index >= 15 is 0 Å². The van der Waals surface area contributed by atoms with Crippen LogP contribution in [-0.2, 0) is 57.1 Å². The zero-order chi connectivity index (χ0) is 61.2. The number of benzene rings is 2. The number of nitrogens with two attached hydrogens (primary N) is 1. The van der Waals surface area contributed by atoms with Crippen LogP contribution in [0.2, 0.25) is 5.02 Å². The van der Waals surface area contributed by atoms with Crippen LogP contribution in [0.5, 0.6) is 0 Å². The number of hydrogen-bond acceptors (Lipinski definition) is 21. The number of halogens is 1. The van der Waals surface area contributed by atoms with Crippen molar-refractivity contribution in [3.8, 4) is 0 Å². The summed E-state index contributed by atoms with van der Waals surface area (Å²) in [4.78, 5) is 105. The van der Waals surface area contributed by atoms with E-state index in [1.165, 1.54) is 18.0 Å². The summed E-state index contributed by atoms with van der Waals surface area (Å²) in [6.45, 7) is 14.8. The number of carbonyl (C=O) groups is 6. The van der Waals surface area contributed by atoms with Gasteiger partial charge in [0.05, 0.1) is 120 Å². The maximum Gasteiger partial charge on any atom is 0.407 e. The fourth-order valence-corrected chi connectivity index (χ4v) is 11.7. The van der Waals surface area contributed by atoms with Crippen LogP contribution in [0.1, 0.15) is 78.7 Å². The fourth-order valence-electron chi connectivity index (χ4n) is 10.6. The van der Waals surface area contributed by atoms with Crippen LogP contribution in [-0.4, -0.2) is 201 Å². The lowest BCUT2D eigenvalue weighted by Crippen LogP contribution is -2.55. The zero-order valence-corrected chi connectivity index (χ0v) is 50.8. The Morgan fingerprint density at radius 3 is 2.06 bits per heavy atom. The van der Waals surface area contributed by atoms with E-state index in [0.29, 0.717) is 155 Å². The molecular formula is C58H79ClN12O14S. The molecule has 4 aliphatic heterocycles. The maximum atomic E-state index is 13.4. The summed E-state index contributed by atoms with van der Waals surface area (Å²) in [6, 6.07) is 9.54. The Labute approximate surface area is 508 Å². The number of nitrogen functional groups attached to an aromatic ring is 1. The molecule has 3 atom stereocenters. The summed E-state index contributed by atoms with van der Waals surface area (Å²) in [6.07, 6.45) is 4.63. The van der Waals surface area contributed by atoms with Gasteiger partial charge in [0, 0.05) is 86.5 Å². The van der Waals surface area contributed by atoms with E-state index in [1.807, 2.05) is 33.8 Å². The first-order valence-electron chi connectivity index (χ1n) is 29.2. The number of amides is 6. The molecule has 4 fully saturated rings. The van der Waals surface area contributed by atoms with Crippen molar-refractivity contribution in [1.29, 1.82) is 0 Å². The van der Waals surface area contributed by atoms with Crippen LogP contribution in [0, 0.1) is 5.41 Å². The number of nitrogens with zero attached hydrogens (tertiary/aromatic N) is 7. The van der Waals surface area contributed by atoms with Crippen molar-refractivity contribution in [3.05, 3.63) is 64.2 Å². The van der Waals surface area contributed by atoms with Gasteiger partial charge in [0.1, 0.15) is 22.5 Å². The van der Waals surface area contributed by atoms with Gasteiger partial charge in [-0.05, 0) is 65.2 Å². The van der Waals surface area contributed by atoms with Gasteiger partial charge in [0.25, 0.3) is 11.5 Å². The predicted molar refractivity (Wildman–Crippen MR) is 320 cm³/mol. The summed E-state index contributed by atoms with van der Waals surface area (Å²) in [5, 5.41) is 17.4. The average molecular weight is 1240 g/mol. The molecule has 1 unspecified atom stereocenters. The molecule has 0 bridgehead atoms. The van der Waals surface area contributed by atoms with Gasteiger partial charge in [0.15, 0.2) is 5.82 Å². The molecule has 1 spiro atoms. The highest BCUT2D eigenvalue weighted by atomic mass is 35.5. The Balaban J connectivity index is 0.618. The molecule has 2 aromatic carbocycles. The third-order valence-corrected chi connectivity index (χ3v) is 16.7. The quantitative estimate of drug-likeness (QED) is 0.0388. The number of rotatable bonds is 28. The van der Waals surface area contributed by atoms with Crippen molar-refractivity contribution in [3.63, 3.8) is 0 Å². The van der Waals surface area contributed by atoms with Crippen LogP contribution < -0.4 is 37.5 Å². The van der Waals surface area contributed by atoms with Crippen molar-refractivity contribution in [2.24, 2.45) is 5.41 Å². The summed E-state index contributed by atoms with van der Waals surface area (Å²) < 4.78 is 40.7. The molecule has 2 aromatic heterocycles. The average Bonchev–Trinajstić information content (AvgIpc) is 1.77. The number of imide groups is 1. The Hall–Kier alpha value is -6.72. The minimum Gasteiger partial charge on any atom is -0.444 e. The number of piperidine rings is 2. The minimum atomic E-state index is -0.852. The van der Waals surface area contributed by atoms with Gasteiger partial charge in [-0.1, -0.05) is 41.6 Å². The highest BCUT2D eigenvalue weighted by Crippen LogP contribution is 2.44. The molecule has 468 valence electrons. The van der Waals surface area contributed by atoms with Crippen LogP contribution in [0.4, 0.5) is 27.8 Å². The monoisotopic (exact) mass is 1230 g/mol. The van der Waals surface area contributed by atoms with Gasteiger partial charge in [-0.3, -0.25) is 34.1 Å². The molecule has 26 nitrogen and oxygen atoms in total. The van der Waals surface area contributed by atoms with Crippen molar-refractivity contribution in [2.45, 2.75) is 106 Å². The minimum absolute atomic E-state index is 0.00616. The Morgan fingerprint density at radius 1 is 0.802 bits per heavy atom.